The number of carboxylic acids is 2. The van der Waals surface area contributed by atoms with E-state index in [2.05, 4.69) is 34.4 Å². The molecule has 3 rings (SSSR count). The number of rotatable bonds is 10. The predicted octanol–water partition coefficient (Wildman–Crippen LogP) is 2.24. The van der Waals surface area contributed by atoms with Crippen LogP contribution in [0.25, 0.3) is 11.6 Å². The first-order valence-electron chi connectivity index (χ1n) is 12.0. The van der Waals surface area contributed by atoms with Crippen LogP contribution in [0.15, 0.2) is 18.2 Å². The topological polar surface area (TPSA) is 172 Å². The number of H-pyrrole nitrogens is 1. The lowest BCUT2D eigenvalue weighted by Gasteiger charge is -2.18. The highest BCUT2D eigenvalue weighted by Crippen LogP contribution is 2.34. The van der Waals surface area contributed by atoms with E-state index in [0.717, 1.165) is 30.9 Å². The minimum atomic E-state index is -1.79. The normalized spacial score (nSPS) is 14.0. The second kappa shape index (κ2) is 13.5. The molecule has 1 aromatic carbocycles. The van der Waals surface area contributed by atoms with E-state index in [9.17, 15) is 23.6 Å². The van der Waals surface area contributed by atoms with E-state index in [1.54, 1.807) is 12.1 Å². The zero-order chi connectivity index (χ0) is 28.6. The van der Waals surface area contributed by atoms with E-state index in [-0.39, 0.29) is 11.8 Å². The molecule has 2 amide bonds. The summed E-state index contributed by atoms with van der Waals surface area (Å²) in [6.07, 6.45) is -0.868. The number of carbonyl (C=O) groups is 4. The summed E-state index contributed by atoms with van der Waals surface area (Å²) in [5, 5.41) is 29.8. The molecule has 0 saturated heterocycles. The van der Waals surface area contributed by atoms with Gasteiger partial charge >= 0.3 is 11.9 Å². The SMILES string of the molecule is CCN(CC)CCNC(=O)c1c(C)[nH]c(C=C2C(=O)Nc3ccc(F)cc32)c1C.O=C(O)C[C@H](O)C(=O)O. The highest BCUT2D eigenvalue weighted by atomic mass is 19.1. The maximum absolute atomic E-state index is 13.7. The van der Waals surface area contributed by atoms with Crippen molar-refractivity contribution in [2.45, 2.75) is 40.2 Å². The smallest absolute Gasteiger partial charge is 0.333 e. The molecule has 206 valence electrons. The first kappa shape index (κ1) is 30.2. The Morgan fingerprint density at radius 3 is 2.37 bits per heavy atom. The molecule has 0 spiro atoms. The van der Waals surface area contributed by atoms with E-state index in [4.69, 9.17) is 15.3 Å². The number of likely N-dealkylation sites (N-methyl/N-ethyl adjacent to an activating group) is 1. The summed E-state index contributed by atoms with van der Waals surface area (Å²) in [6, 6.07) is 4.20. The van der Waals surface area contributed by atoms with Crippen molar-refractivity contribution >= 4 is 41.1 Å². The lowest BCUT2D eigenvalue weighted by molar-refractivity contribution is -0.152. The standard InChI is InChI=1S/C22H27FN4O2.C4H6O5/c1-5-27(6-2)10-9-24-22(29)20-13(3)19(25-14(20)4)12-17-16-11-15(23)7-8-18(16)26-21(17)28;5-2(4(8)9)1-3(6)7/h7-8,11-12,25H,5-6,9-10H2,1-4H3,(H,24,29)(H,26,28);2,5H,1H2,(H,6,7)(H,8,9)/t;2-/m.0/s1. The van der Waals surface area contributed by atoms with Crippen molar-refractivity contribution in [3.63, 3.8) is 0 Å². The average molecular weight is 533 g/mol. The number of aliphatic hydroxyl groups is 1. The number of benzene rings is 1. The van der Waals surface area contributed by atoms with Gasteiger partial charge in [-0.05, 0) is 56.8 Å². The number of halogens is 1. The molecule has 1 aromatic heterocycles. The summed E-state index contributed by atoms with van der Waals surface area (Å²) in [6.45, 7) is 11.1. The first-order valence-corrected chi connectivity index (χ1v) is 12.0. The fourth-order valence-corrected chi connectivity index (χ4v) is 3.92. The largest absolute Gasteiger partial charge is 0.481 e. The number of aliphatic carboxylic acids is 2. The number of hydrogen-bond acceptors (Lipinski definition) is 6. The fraction of sp³-hybridized carbons (Fsp3) is 0.385. The molecular weight excluding hydrogens is 499 g/mol. The average Bonchev–Trinajstić information content (AvgIpc) is 3.31. The number of hydrogen-bond donors (Lipinski definition) is 6. The molecule has 0 bridgehead atoms. The molecule has 0 radical (unpaired) electrons. The predicted molar refractivity (Wildman–Crippen MR) is 139 cm³/mol. The number of nitrogens with zero attached hydrogens (tertiary/aromatic N) is 1. The number of aryl methyl sites for hydroxylation is 1. The van der Waals surface area contributed by atoms with Gasteiger partial charge in [-0.1, -0.05) is 13.8 Å². The number of carbonyl (C=O) groups excluding carboxylic acids is 2. The number of aliphatic hydroxyl groups excluding tert-OH is 1. The third-order valence-electron chi connectivity index (χ3n) is 6.02. The van der Waals surface area contributed by atoms with Crippen LogP contribution in [0.1, 0.15) is 53.1 Å². The Morgan fingerprint density at radius 2 is 1.82 bits per heavy atom. The van der Waals surface area contributed by atoms with Crippen LogP contribution < -0.4 is 10.6 Å². The van der Waals surface area contributed by atoms with E-state index in [1.807, 2.05) is 13.8 Å². The molecule has 38 heavy (non-hydrogen) atoms. The Morgan fingerprint density at radius 1 is 1.16 bits per heavy atom. The van der Waals surface area contributed by atoms with Gasteiger partial charge < -0.3 is 35.8 Å². The number of anilines is 1. The number of carboxylic acid groups (broad SMARTS) is 2. The van der Waals surface area contributed by atoms with Crippen LogP contribution in [0.4, 0.5) is 10.1 Å². The summed E-state index contributed by atoms with van der Waals surface area (Å²) in [5.74, 6) is -3.68. The minimum absolute atomic E-state index is 0.143. The number of aromatic nitrogens is 1. The fourth-order valence-electron chi connectivity index (χ4n) is 3.92. The number of nitrogens with one attached hydrogen (secondary N) is 3. The van der Waals surface area contributed by atoms with Crippen LogP contribution in [-0.4, -0.2) is 81.2 Å². The van der Waals surface area contributed by atoms with Crippen LogP contribution in [0.5, 0.6) is 0 Å². The van der Waals surface area contributed by atoms with Crippen molar-refractivity contribution in [2.75, 3.05) is 31.5 Å². The molecule has 2 aromatic rings. The Hall–Kier alpha value is -4.03. The second-order valence-corrected chi connectivity index (χ2v) is 8.60. The van der Waals surface area contributed by atoms with Gasteiger partial charge in [0.25, 0.3) is 11.8 Å². The van der Waals surface area contributed by atoms with Gasteiger partial charge in [0.05, 0.1) is 17.6 Å². The van der Waals surface area contributed by atoms with E-state index >= 15 is 0 Å². The maximum Gasteiger partial charge on any atom is 0.333 e. The molecule has 0 saturated carbocycles. The zero-order valence-electron chi connectivity index (χ0n) is 21.7. The molecule has 0 unspecified atom stereocenters. The molecule has 6 N–H and O–H groups in total. The van der Waals surface area contributed by atoms with Gasteiger partial charge in [-0.25, -0.2) is 9.18 Å². The van der Waals surface area contributed by atoms with Crippen LogP contribution in [0.3, 0.4) is 0 Å². The van der Waals surface area contributed by atoms with E-state index in [1.165, 1.54) is 12.1 Å². The Kier molecular flexibility index (Phi) is 10.7. The molecular formula is C26H33FN4O7. The van der Waals surface area contributed by atoms with Crippen LogP contribution in [-0.2, 0) is 14.4 Å². The van der Waals surface area contributed by atoms with Gasteiger partial charge in [0.15, 0.2) is 6.10 Å². The summed E-state index contributed by atoms with van der Waals surface area (Å²) < 4.78 is 13.7. The molecule has 11 nitrogen and oxygen atoms in total. The summed E-state index contributed by atoms with van der Waals surface area (Å²) in [4.78, 5) is 49.9. The molecule has 1 aliphatic heterocycles. The van der Waals surface area contributed by atoms with Gasteiger partial charge in [0.1, 0.15) is 5.82 Å². The first-order chi connectivity index (χ1) is 17.9. The number of amides is 2. The van der Waals surface area contributed by atoms with Crippen LogP contribution >= 0.6 is 0 Å². The molecule has 12 heteroatoms. The van der Waals surface area contributed by atoms with Crippen molar-refractivity contribution in [1.82, 2.24) is 15.2 Å². The second-order valence-electron chi connectivity index (χ2n) is 8.60. The lowest BCUT2D eigenvalue weighted by Crippen LogP contribution is -2.35. The number of aromatic amines is 1. The Balaban J connectivity index is 0.000000484. The van der Waals surface area contributed by atoms with Crippen LogP contribution in [0.2, 0.25) is 0 Å². The Bertz CT molecular complexity index is 1230. The molecule has 1 atom stereocenters. The molecule has 2 heterocycles. The van der Waals surface area contributed by atoms with Crippen molar-refractivity contribution in [3.8, 4) is 0 Å². The van der Waals surface area contributed by atoms with Crippen molar-refractivity contribution in [1.29, 1.82) is 0 Å². The highest BCUT2D eigenvalue weighted by molar-refractivity contribution is 6.34. The van der Waals surface area contributed by atoms with E-state index in [0.29, 0.717) is 34.6 Å². The number of fused-ring (bicyclic) bond motifs is 1. The van der Waals surface area contributed by atoms with Gasteiger partial charge in [-0.2, -0.15) is 0 Å². The lowest BCUT2D eigenvalue weighted by atomic mass is 10.0. The maximum atomic E-state index is 13.7. The van der Waals surface area contributed by atoms with Gasteiger partial charge in [0, 0.05) is 35.7 Å². The van der Waals surface area contributed by atoms with E-state index < -0.39 is 30.3 Å². The molecule has 0 fully saturated rings. The third kappa shape index (κ3) is 7.73. The monoisotopic (exact) mass is 532 g/mol. The van der Waals surface area contributed by atoms with Gasteiger partial charge in [-0.3, -0.25) is 14.4 Å². The summed E-state index contributed by atoms with van der Waals surface area (Å²) >= 11 is 0. The molecule has 1 aliphatic rings. The quantitative estimate of drug-likeness (QED) is 0.253. The minimum Gasteiger partial charge on any atom is -0.481 e. The van der Waals surface area contributed by atoms with Crippen molar-refractivity contribution < 1.29 is 38.9 Å². The van der Waals surface area contributed by atoms with Crippen LogP contribution in [0, 0.1) is 19.7 Å². The van der Waals surface area contributed by atoms with Gasteiger partial charge in [0.2, 0.25) is 0 Å². The van der Waals surface area contributed by atoms with Crippen molar-refractivity contribution in [3.05, 3.63) is 52.1 Å². The third-order valence-corrected chi connectivity index (χ3v) is 6.02. The zero-order valence-corrected chi connectivity index (χ0v) is 21.7. The summed E-state index contributed by atoms with van der Waals surface area (Å²) in [5.41, 5.74) is 4.20. The highest BCUT2D eigenvalue weighted by Gasteiger charge is 2.26. The van der Waals surface area contributed by atoms with Crippen molar-refractivity contribution in [2.24, 2.45) is 0 Å². The molecule has 0 aliphatic carbocycles. The Labute approximate surface area is 219 Å². The van der Waals surface area contributed by atoms with Gasteiger partial charge in [-0.15, -0.1) is 0 Å². The summed E-state index contributed by atoms with van der Waals surface area (Å²) in [7, 11) is 0.